The number of alkyl halides is 2. The first-order valence-corrected chi connectivity index (χ1v) is 7.07. The van der Waals surface area contributed by atoms with Crippen LogP contribution in [0.3, 0.4) is 0 Å². The molecule has 0 atom stereocenters. The lowest BCUT2D eigenvalue weighted by atomic mass is 10.1. The zero-order valence-electron chi connectivity index (χ0n) is 13.0. The van der Waals surface area contributed by atoms with E-state index in [1.807, 2.05) is 0 Å². The Labute approximate surface area is 135 Å². The molecule has 0 saturated heterocycles. The lowest BCUT2D eigenvalue weighted by molar-refractivity contribution is -0.286. The zero-order valence-corrected chi connectivity index (χ0v) is 13.0. The monoisotopic (exact) mass is 336 g/mol. The Kier molecular flexibility index (Phi) is 3.75. The van der Waals surface area contributed by atoms with Crippen LogP contribution in [0.5, 0.6) is 11.5 Å². The number of para-hydroxylation sites is 1. The standard InChI is InChI=1S/C16H14F2N2O4/c1-19(2)15(22)11-6-7-13(21)20(9-11)8-10-4-3-5-12-14(10)24-16(17,18)23-12/h3-7,9H,8H2,1-2H3. The first-order valence-electron chi connectivity index (χ1n) is 7.07. The highest BCUT2D eigenvalue weighted by molar-refractivity contribution is 5.93. The molecule has 3 rings (SSSR count). The molecule has 1 aliphatic heterocycles. The number of ether oxygens (including phenoxy) is 2. The number of carbonyl (C=O) groups excluding carboxylic acids is 1. The van der Waals surface area contributed by atoms with Gasteiger partial charge in [0.1, 0.15) is 0 Å². The average Bonchev–Trinajstić information content (AvgIpc) is 2.83. The Balaban J connectivity index is 1.96. The Bertz CT molecular complexity index is 861. The molecule has 0 aliphatic carbocycles. The second-order valence-corrected chi connectivity index (χ2v) is 5.50. The molecule has 1 aromatic carbocycles. The van der Waals surface area contributed by atoms with Gasteiger partial charge in [-0.3, -0.25) is 9.59 Å². The van der Waals surface area contributed by atoms with E-state index >= 15 is 0 Å². The van der Waals surface area contributed by atoms with Gasteiger partial charge in [-0.1, -0.05) is 12.1 Å². The molecule has 0 spiro atoms. The van der Waals surface area contributed by atoms with Crippen LogP contribution in [-0.4, -0.2) is 35.8 Å². The lowest BCUT2D eigenvalue weighted by Gasteiger charge is -2.13. The number of rotatable bonds is 3. The summed E-state index contributed by atoms with van der Waals surface area (Å²) in [6, 6.07) is 7.11. The SMILES string of the molecule is CN(C)C(=O)c1ccc(=O)n(Cc2cccc3c2OC(F)(F)O3)c1. The number of hydrogen-bond acceptors (Lipinski definition) is 4. The highest BCUT2D eigenvalue weighted by Gasteiger charge is 2.44. The van der Waals surface area contributed by atoms with Crippen LogP contribution in [0.25, 0.3) is 0 Å². The molecule has 2 heterocycles. The normalized spacial score (nSPS) is 14.5. The van der Waals surface area contributed by atoms with Crippen molar-refractivity contribution in [2.75, 3.05) is 14.1 Å². The van der Waals surface area contributed by atoms with E-state index < -0.39 is 6.29 Å². The van der Waals surface area contributed by atoms with Gasteiger partial charge in [-0.05, 0) is 12.1 Å². The van der Waals surface area contributed by atoms with E-state index in [9.17, 15) is 18.4 Å². The van der Waals surface area contributed by atoms with E-state index in [4.69, 9.17) is 0 Å². The molecular formula is C16H14F2N2O4. The van der Waals surface area contributed by atoms with Crippen LogP contribution < -0.4 is 15.0 Å². The largest absolute Gasteiger partial charge is 0.586 e. The summed E-state index contributed by atoms with van der Waals surface area (Å²) < 4.78 is 36.6. The second-order valence-electron chi connectivity index (χ2n) is 5.50. The molecule has 126 valence electrons. The Morgan fingerprint density at radius 1 is 1.21 bits per heavy atom. The van der Waals surface area contributed by atoms with Gasteiger partial charge < -0.3 is 18.9 Å². The van der Waals surface area contributed by atoms with Gasteiger partial charge in [0.25, 0.3) is 11.5 Å². The third-order valence-electron chi connectivity index (χ3n) is 3.49. The van der Waals surface area contributed by atoms with E-state index in [1.165, 1.54) is 39.9 Å². The average molecular weight is 336 g/mol. The van der Waals surface area contributed by atoms with Gasteiger partial charge in [-0.15, -0.1) is 8.78 Å². The van der Waals surface area contributed by atoms with Gasteiger partial charge in [0.05, 0.1) is 12.1 Å². The fraction of sp³-hybridized carbons (Fsp3) is 0.250. The van der Waals surface area contributed by atoms with Crippen LogP contribution in [0.1, 0.15) is 15.9 Å². The minimum absolute atomic E-state index is 0.0318. The number of hydrogen-bond donors (Lipinski definition) is 0. The van der Waals surface area contributed by atoms with Crippen LogP contribution in [-0.2, 0) is 6.54 Å². The van der Waals surface area contributed by atoms with Gasteiger partial charge in [-0.25, -0.2) is 0 Å². The van der Waals surface area contributed by atoms with Crippen molar-refractivity contribution in [2.24, 2.45) is 0 Å². The molecular weight excluding hydrogens is 322 g/mol. The van der Waals surface area contributed by atoms with Crippen molar-refractivity contribution in [3.8, 4) is 11.5 Å². The van der Waals surface area contributed by atoms with Crippen molar-refractivity contribution >= 4 is 5.91 Å². The molecule has 0 N–H and O–H groups in total. The number of fused-ring (bicyclic) bond motifs is 1. The molecule has 24 heavy (non-hydrogen) atoms. The van der Waals surface area contributed by atoms with Crippen LogP contribution in [0.4, 0.5) is 8.78 Å². The van der Waals surface area contributed by atoms with E-state index in [0.29, 0.717) is 11.1 Å². The van der Waals surface area contributed by atoms with Gasteiger partial charge >= 0.3 is 6.29 Å². The summed E-state index contributed by atoms with van der Waals surface area (Å²) in [5.74, 6) is -0.474. The number of halogens is 2. The van der Waals surface area contributed by atoms with Crippen molar-refractivity contribution < 1.29 is 23.0 Å². The maximum atomic E-state index is 13.2. The first kappa shape index (κ1) is 16.0. The Hall–Kier alpha value is -2.90. The fourth-order valence-corrected chi connectivity index (χ4v) is 2.37. The summed E-state index contributed by atoms with van der Waals surface area (Å²) in [6.45, 7) is -0.0318. The van der Waals surface area contributed by atoms with Gasteiger partial charge in [0.15, 0.2) is 11.5 Å². The molecule has 0 fully saturated rings. The number of pyridine rings is 1. The summed E-state index contributed by atoms with van der Waals surface area (Å²) in [6.07, 6.45) is -2.34. The molecule has 8 heteroatoms. The third kappa shape index (κ3) is 2.94. The van der Waals surface area contributed by atoms with E-state index in [2.05, 4.69) is 9.47 Å². The molecule has 0 saturated carbocycles. The smallest absolute Gasteiger partial charge is 0.395 e. The topological polar surface area (TPSA) is 60.8 Å². The summed E-state index contributed by atoms with van der Waals surface area (Å²) in [7, 11) is 3.18. The number of amides is 1. The van der Waals surface area contributed by atoms with E-state index in [0.717, 1.165) is 0 Å². The molecule has 0 unspecified atom stereocenters. The van der Waals surface area contributed by atoms with Crippen molar-refractivity contribution in [1.82, 2.24) is 9.47 Å². The second kappa shape index (κ2) is 5.63. The third-order valence-corrected chi connectivity index (χ3v) is 3.49. The van der Waals surface area contributed by atoms with E-state index in [1.54, 1.807) is 20.2 Å². The predicted octanol–water partition coefficient (Wildman–Crippen LogP) is 1.92. The van der Waals surface area contributed by atoms with Crippen molar-refractivity contribution in [3.63, 3.8) is 0 Å². The summed E-state index contributed by atoms with van der Waals surface area (Å²) >= 11 is 0. The first-order chi connectivity index (χ1) is 11.3. The maximum Gasteiger partial charge on any atom is 0.586 e. The van der Waals surface area contributed by atoms with Crippen LogP contribution in [0.2, 0.25) is 0 Å². The number of aromatic nitrogens is 1. The van der Waals surface area contributed by atoms with Crippen molar-refractivity contribution in [2.45, 2.75) is 12.8 Å². The lowest BCUT2D eigenvalue weighted by Crippen LogP contribution is -2.27. The molecule has 1 aliphatic rings. The summed E-state index contributed by atoms with van der Waals surface area (Å²) in [5.41, 5.74) is 0.296. The fourth-order valence-electron chi connectivity index (χ4n) is 2.37. The van der Waals surface area contributed by atoms with E-state index in [-0.39, 0.29) is 29.5 Å². The maximum absolute atomic E-state index is 13.2. The van der Waals surface area contributed by atoms with Crippen LogP contribution >= 0.6 is 0 Å². The van der Waals surface area contributed by atoms with Crippen molar-refractivity contribution in [1.29, 1.82) is 0 Å². The summed E-state index contributed by atoms with van der Waals surface area (Å²) in [5, 5.41) is 0. The number of nitrogens with zero attached hydrogens (tertiary/aromatic N) is 2. The summed E-state index contributed by atoms with van der Waals surface area (Å²) in [4.78, 5) is 25.4. The van der Waals surface area contributed by atoms with Gasteiger partial charge in [0, 0.05) is 31.9 Å². The minimum Gasteiger partial charge on any atom is -0.395 e. The Morgan fingerprint density at radius 2 is 1.96 bits per heavy atom. The van der Waals surface area contributed by atoms with Gasteiger partial charge in [-0.2, -0.15) is 0 Å². The van der Waals surface area contributed by atoms with Crippen molar-refractivity contribution in [3.05, 3.63) is 58.0 Å². The Morgan fingerprint density at radius 3 is 2.67 bits per heavy atom. The minimum atomic E-state index is -3.73. The quantitative estimate of drug-likeness (QED) is 0.859. The molecule has 0 bridgehead atoms. The van der Waals surface area contributed by atoms with Crippen LogP contribution in [0.15, 0.2) is 41.3 Å². The van der Waals surface area contributed by atoms with Gasteiger partial charge in [0.2, 0.25) is 0 Å². The number of carbonyl (C=O) groups is 1. The highest BCUT2D eigenvalue weighted by Crippen LogP contribution is 2.43. The number of benzene rings is 1. The predicted molar refractivity (Wildman–Crippen MR) is 80.5 cm³/mol. The molecule has 1 amide bonds. The molecule has 6 nitrogen and oxygen atoms in total. The zero-order chi connectivity index (χ0) is 17.5. The molecule has 2 aromatic rings. The molecule has 1 aromatic heterocycles. The highest BCUT2D eigenvalue weighted by atomic mass is 19.3. The van der Waals surface area contributed by atoms with Crippen LogP contribution in [0, 0.1) is 0 Å². The molecule has 0 radical (unpaired) electrons.